The minimum atomic E-state index is -3.19. The molecule has 0 radical (unpaired) electrons. The zero-order chi connectivity index (χ0) is 16.2. The molecule has 1 aromatic carbocycles. The highest BCUT2D eigenvalue weighted by Gasteiger charge is 2.26. The van der Waals surface area contributed by atoms with Crippen LogP contribution in [0.15, 0.2) is 29.2 Å². The van der Waals surface area contributed by atoms with Crippen LogP contribution in [-0.2, 0) is 9.84 Å². The molecule has 0 aromatic heterocycles. The number of rotatable bonds is 7. The van der Waals surface area contributed by atoms with Gasteiger partial charge < -0.3 is 10.0 Å². The number of hydrogen-bond acceptors (Lipinski definition) is 4. The molecule has 0 heterocycles. The van der Waals surface area contributed by atoms with Gasteiger partial charge in [-0.15, -0.1) is 0 Å². The van der Waals surface area contributed by atoms with Crippen molar-refractivity contribution in [1.29, 1.82) is 0 Å². The van der Waals surface area contributed by atoms with Gasteiger partial charge >= 0.3 is 0 Å². The van der Waals surface area contributed by atoms with Gasteiger partial charge in [0.2, 0.25) is 0 Å². The summed E-state index contributed by atoms with van der Waals surface area (Å²) in [6.45, 7) is 3.54. The maximum absolute atomic E-state index is 12.3. The first-order valence-corrected chi connectivity index (χ1v) is 9.70. The van der Waals surface area contributed by atoms with Gasteiger partial charge in [-0.1, -0.05) is 24.1 Å². The highest BCUT2D eigenvalue weighted by molar-refractivity contribution is 7.91. The number of sulfone groups is 1. The minimum absolute atomic E-state index is 0.174. The average molecular weight is 325 g/mol. The van der Waals surface area contributed by atoms with E-state index in [9.17, 15) is 13.5 Å². The monoisotopic (exact) mass is 325 g/mol. The SMILES string of the molecule is Cc1ccc(S(=O)(=O)CCCN(C)CC2CCCC2O)cc1. The van der Waals surface area contributed by atoms with Crippen LogP contribution < -0.4 is 0 Å². The molecule has 1 saturated carbocycles. The van der Waals surface area contributed by atoms with Crippen LogP contribution in [0.25, 0.3) is 0 Å². The Morgan fingerprint density at radius 3 is 2.50 bits per heavy atom. The van der Waals surface area contributed by atoms with Crippen LogP contribution in [0.5, 0.6) is 0 Å². The van der Waals surface area contributed by atoms with Crippen LogP contribution in [0.2, 0.25) is 0 Å². The molecule has 4 nitrogen and oxygen atoms in total. The highest BCUT2D eigenvalue weighted by Crippen LogP contribution is 2.26. The zero-order valence-corrected chi connectivity index (χ0v) is 14.3. The molecule has 0 saturated heterocycles. The van der Waals surface area contributed by atoms with Crippen LogP contribution in [0.4, 0.5) is 0 Å². The van der Waals surface area contributed by atoms with Gasteiger partial charge in [-0.25, -0.2) is 8.42 Å². The third kappa shape index (κ3) is 4.80. The smallest absolute Gasteiger partial charge is 0.178 e. The quantitative estimate of drug-likeness (QED) is 0.835. The maximum Gasteiger partial charge on any atom is 0.178 e. The van der Waals surface area contributed by atoms with E-state index in [1.54, 1.807) is 12.1 Å². The Labute approximate surface area is 134 Å². The van der Waals surface area contributed by atoms with Crippen LogP contribution in [0, 0.1) is 12.8 Å². The molecule has 0 amide bonds. The van der Waals surface area contributed by atoms with Crippen molar-refractivity contribution >= 4 is 9.84 Å². The molecular formula is C17H27NO3S. The van der Waals surface area contributed by atoms with Gasteiger partial charge in [-0.2, -0.15) is 0 Å². The number of nitrogens with zero attached hydrogens (tertiary/aromatic N) is 1. The number of hydrogen-bond donors (Lipinski definition) is 1. The molecule has 0 aliphatic heterocycles. The fourth-order valence-corrected chi connectivity index (χ4v) is 4.41. The highest BCUT2D eigenvalue weighted by atomic mass is 32.2. The maximum atomic E-state index is 12.3. The molecule has 1 fully saturated rings. The zero-order valence-electron chi connectivity index (χ0n) is 13.5. The van der Waals surface area contributed by atoms with Crippen molar-refractivity contribution in [1.82, 2.24) is 4.90 Å². The van der Waals surface area contributed by atoms with E-state index < -0.39 is 9.84 Å². The lowest BCUT2D eigenvalue weighted by atomic mass is 10.1. The second-order valence-corrected chi connectivity index (χ2v) is 8.62. The van der Waals surface area contributed by atoms with Crippen LogP contribution >= 0.6 is 0 Å². The van der Waals surface area contributed by atoms with Gasteiger partial charge in [0.1, 0.15) is 0 Å². The summed E-state index contributed by atoms with van der Waals surface area (Å²) in [5.74, 6) is 0.520. The molecule has 1 aromatic rings. The van der Waals surface area contributed by atoms with Crippen molar-refractivity contribution in [2.75, 3.05) is 25.9 Å². The molecule has 0 spiro atoms. The van der Waals surface area contributed by atoms with Gasteiger partial charge in [0.05, 0.1) is 16.8 Å². The lowest BCUT2D eigenvalue weighted by molar-refractivity contribution is 0.109. The van der Waals surface area contributed by atoms with E-state index in [2.05, 4.69) is 4.90 Å². The van der Waals surface area contributed by atoms with Gasteiger partial charge in [-0.3, -0.25) is 0 Å². The Morgan fingerprint density at radius 1 is 1.23 bits per heavy atom. The number of aliphatic hydroxyl groups is 1. The third-order valence-electron chi connectivity index (χ3n) is 4.50. The van der Waals surface area contributed by atoms with E-state index in [-0.39, 0.29) is 11.9 Å². The first-order valence-electron chi connectivity index (χ1n) is 8.04. The largest absolute Gasteiger partial charge is 0.393 e. The fourth-order valence-electron chi connectivity index (χ4n) is 3.11. The van der Waals surface area contributed by atoms with E-state index in [0.717, 1.165) is 37.9 Å². The normalized spacial score (nSPS) is 22.4. The molecule has 0 bridgehead atoms. The van der Waals surface area contributed by atoms with Gasteiger partial charge in [0.25, 0.3) is 0 Å². The molecular weight excluding hydrogens is 298 g/mol. The summed E-state index contributed by atoms with van der Waals surface area (Å²) in [4.78, 5) is 2.55. The second kappa shape index (κ2) is 7.57. The fraction of sp³-hybridized carbons (Fsp3) is 0.647. The van der Waals surface area contributed by atoms with E-state index in [4.69, 9.17) is 0 Å². The van der Waals surface area contributed by atoms with Gasteiger partial charge in [-0.05, 0) is 57.8 Å². The lowest BCUT2D eigenvalue weighted by Crippen LogP contribution is -2.31. The second-order valence-electron chi connectivity index (χ2n) is 6.51. The summed E-state index contributed by atoms with van der Waals surface area (Å²) in [6.07, 6.45) is 3.52. The van der Waals surface area contributed by atoms with Gasteiger partial charge in [0.15, 0.2) is 9.84 Å². The number of benzene rings is 1. The van der Waals surface area contributed by atoms with Crippen LogP contribution in [0.1, 0.15) is 31.2 Å². The molecule has 2 unspecified atom stereocenters. The molecule has 2 rings (SSSR count). The third-order valence-corrected chi connectivity index (χ3v) is 6.31. The van der Waals surface area contributed by atoms with Crippen molar-refractivity contribution in [2.24, 2.45) is 5.92 Å². The molecule has 2 atom stereocenters. The summed E-state index contributed by atoms with van der Waals surface area (Å²) >= 11 is 0. The Hall–Kier alpha value is -0.910. The lowest BCUT2D eigenvalue weighted by Gasteiger charge is -2.22. The predicted octanol–water partition coefficient (Wildman–Crippen LogP) is 2.25. The van der Waals surface area contributed by atoms with Crippen molar-refractivity contribution in [3.63, 3.8) is 0 Å². The first-order chi connectivity index (χ1) is 10.4. The number of aryl methyl sites for hydroxylation is 1. The van der Waals surface area contributed by atoms with E-state index in [1.165, 1.54) is 0 Å². The molecule has 1 aliphatic carbocycles. The van der Waals surface area contributed by atoms with Crippen molar-refractivity contribution in [3.05, 3.63) is 29.8 Å². The average Bonchev–Trinajstić information content (AvgIpc) is 2.84. The van der Waals surface area contributed by atoms with Crippen molar-refractivity contribution in [2.45, 2.75) is 43.6 Å². The molecule has 22 heavy (non-hydrogen) atoms. The topological polar surface area (TPSA) is 57.6 Å². The first kappa shape index (κ1) is 17.4. The summed E-state index contributed by atoms with van der Waals surface area (Å²) in [5, 5.41) is 9.84. The minimum Gasteiger partial charge on any atom is -0.393 e. The van der Waals surface area contributed by atoms with E-state index in [0.29, 0.717) is 17.2 Å². The molecule has 124 valence electrons. The van der Waals surface area contributed by atoms with E-state index in [1.807, 2.05) is 26.1 Å². The number of aliphatic hydroxyl groups excluding tert-OH is 1. The van der Waals surface area contributed by atoms with Crippen LogP contribution in [-0.4, -0.2) is 50.4 Å². The molecule has 5 heteroatoms. The standard InChI is InChI=1S/C17H27NO3S/c1-14-7-9-16(10-8-14)22(20,21)12-4-11-18(2)13-15-5-3-6-17(15)19/h7-10,15,17,19H,3-6,11-13H2,1-2H3. The van der Waals surface area contributed by atoms with E-state index >= 15 is 0 Å². The molecule has 1 aliphatic rings. The van der Waals surface area contributed by atoms with Crippen LogP contribution in [0.3, 0.4) is 0 Å². The molecule has 1 N–H and O–H groups in total. The van der Waals surface area contributed by atoms with Crippen molar-refractivity contribution in [3.8, 4) is 0 Å². The Kier molecular flexibility index (Phi) is 6.01. The Balaban J connectivity index is 1.78. The summed E-state index contributed by atoms with van der Waals surface area (Å²) in [7, 11) is -1.18. The predicted molar refractivity (Wildman–Crippen MR) is 88.7 cm³/mol. The van der Waals surface area contributed by atoms with Gasteiger partial charge in [0, 0.05) is 6.54 Å². The summed E-state index contributed by atoms with van der Waals surface area (Å²) in [5.41, 5.74) is 1.06. The summed E-state index contributed by atoms with van der Waals surface area (Å²) < 4.78 is 24.5. The Bertz CT molecular complexity index is 568. The summed E-state index contributed by atoms with van der Waals surface area (Å²) in [6, 6.07) is 7.04. The Morgan fingerprint density at radius 2 is 1.91 bits per heavy atom. The van der Waals surface area contributed by atoms with Crippen molar-refractivity contribution < 1.29 is 13.5 Å².